The van der Waals surface area contributed by atoms with Gasteiger partial charge in [-0.25, -0.2) is 0 Å². The molecule has 1 heterocycles. The van der Waals surface area contributed by atoms with E-state index in [1.807, 2.05) is 31.2 Å². The van der Waals surface area contributed by atoms with Gasteiger partial charge < -0.3 is 0 Å². The van der Waals surface area contributed by atoms with Gasteiger partial charge in [0, 0.05) is 22.5 Å². The Kier molecular flexibility index (Phi) is 3.43. The number of Topliss-reactive ketones (excluding diaryl/α,β-unsaturated/α-hetero) is 1. The summed E-state index contributed by atoms with van der Waals surface area (Å²) in [5.74, 6) is 0.136. The SMILES string of the molecule is CCC(C(C)=O)c1ccnc2cc(Cl)ccc12. The van der Waals surface area contributed by atoms with Gasteiger partial charge in [-0.2, -0.15) is 0 Å². The summed E-state index contributed by atoms with van der Waals surface area (Å²) in [7, 11) is 0. The molecule has 0 spiro atoms. The van der Waals surface area contributed by atoms with Crippen LogP contribution in [0.15, 0.2) is 30.5 Å². The van der Waals surface area contributed by atoms with Crippen LogP contribution < -0.4 is 0 Å². The van der Waals surface area contributed by atoms with Crippen molar-refractivity contribution in [1.29, 1.82) is 0 Å². The number of carbonyl (C=O) groups excluding carboxylic acids is 1. The van der Waals surface area contributed by atoms with E-state index in [4.69, 9.17) is 11.6 Å². The minimum atomic E-state index is -0.0540. The van der Waals surface area contributed by atoms with Crippen molar-refractivity contribution in [2.75, 3.05) is 0 Å². The molecule has 1 unspecified atom stereocenters. The summed E-state index contributed by atoms with van der Waals surface area (Å²) < 4.78 is 0. The van der Waals surface area contributed by atoms with Gasteiger partial charge in [-0.1, -0.05) is 24.6 Å². The minimum Gasteiger partial charge on any atom is -0.299 e. The highest BCUT2D eigenvalue weighted by atomic mass is 35.5. The summed E-state index contributed by atoms with van der Waals surface area (Å²) in [6, 6.07) is 7.52. The molecular formula is C14H14ClNO. The Morgan fingerprint density at radius 3 is 2.82 bits per heavy atom. The molecule has 0 aliphatic heterocycles. The Labute approximate surface area is 106 Å². The van der Waals surface area contributed by atoms with Gasteiger partial charge in [-0.05, 0) is 37.1 Å². The molecule has 2 nitrogen and oxygen atoms in total. The number of carbonyl (C=O) groups is 1. The Hall–Kier alpha value is -1.41. The van der Waals surface area contributed by atoms with Gasteiger partial charge in [-0.3, -0.25) is 9.78 Å². The van der Waals surface area contributed by atoms with Crippen molar-refractivity contribution < 1.29 is 4.79 Å². The monoisotopic (exact) mass is 247 g/mol. The lowest BCUT2D eigenvalue weighted by atomic mass is 9.90. The van der Waals surface area contributed by atoms with Crippen molar-refractivity contribution >= 4 is 28.3 Å². The zero-order valence-corrected chi connectivity index (χ0v) is 10.7. The average molecular weight is 248 g/mol. The zero-order valence-electron chi connectivity index (χ0n) is 9.90. The number of pyridine rings is 1. The van der Waals surface area contributed by atoms with Crippen molar-refractivity contribution in [1.82, 2.24) is 4.98 Å². The molecule has 1 aromatic heterocycles. The van der Waals surface area contributed by atoms with Gasteiger partial charge in [0.15, 0.2) is 0 Å². The van der Waals surface area contributed by atoms with Crippen LogP contribution in [0, 0.1) is 0 Å². The molecule has 88 valence electrons. The van der Waals surface area contributed by atoms with Crippen molar-refractivity contribution in [3.63, 3.8) is 0 Å². The lowest BCUT2D eigenvalue weighted by molar-refractivity contribution is -0.118. The van der Waals surface area contributed by atoms with E-state index in [0.29, 0.717) is 5.02 Å². The molecule has 3 heteroatoms. The van der Waals surface area contributed by atoms with Crippen LogP contribution in [0.25, 0.3) is 10.9 Å². The Bertz CT molecular complexity index is 565. The third-order valence-corrected chi connectivity index (χ3v) is 3.25. The molecule has 0 fully saturated rings. The lowest BCUT2D eigenvalue weighted by Crippen LogP contribution is -2.08. The first kappa shape index (κ1) is 12.1. The van der Waals surface area contributed by atoms with E-state index in [1.165, 1.54) is 0 Å². The molecule has 0 radical (unpaired) electrons. The molecular weight excluding hydrogens is 234 g/mol. The number of fused-ring (bicyclic) bond motifs is 1. The number of hydrogen-bond donors (Lipinski definition) is 0. The first-order valence-electron chi connectivity index (χ1n) is 5.68. The maximum absolute atomic E-state index is 11.6. The molecule has 2 rings (SSSR count). The third-order valence-electron chi connectivity index (χ3n) is 3.01. The fraction of sp³-hybridized carbons (Fsp3) is 0.286. The highest BCUT2D eigenvalue weighted by Gasteiger charge is 2.17. The van der Waals surface area contributed by atoms with Crippen LogP contribution in [0.1, 0.15) is 31.7 Å². The Morgan fingerprint density at radius 2 is 2.18 bits per heavy atom. The van der Waals surface area contributed by atoms with Crippen molar-refractivity contribution in [3.8, 4) is 0 Å². The lowest BCUT2D eigenvalue weighted by Gasteiger charge is -2.14. The van der Waals surface area contributed by atoms with E-state index < -0.39 is 0 Å². The second-order valence-electron chi connectivity index (χ2n) is 4.13. The van der Waals surface area contributed by atoms with Crippen LogP contribution in [0.4, 0.5) is 0 Å². The Morgan fingerprint density at radius 1 is 1.41 bits per heavy atom. The van der Waals surface area contributed by atoms with Crippen LogP contribution in [-0.2, 0) is 4.79 Å². The molecule has 0 amide bonds. The summed E-state index contributed by atoms with van der Waals surface area (Å²) in [6.45, 7) is 3.66. The van der Waals surface area contributed by atoms with Gasteiger partial charge in [0.25, 0.3) is 0 Å². The summed E-state index contributed by atoms with van der Waals surface area (Å²) in [4.78, 5) is 15.9. The first-order valence-corrected chi connectivity index (χ1v) is 6.06. The predicted molar refractivity (Wildman–Crippen MR) is 70.5 cm³/mol. The van der Waals surface area contributed by atoms with E-state index in [9.17, 15) is 4.79 Å². The number of hydrogen-bond acceptors (Lipinski definition) is 2. The number of aromatic nitrogens is 1. The third kappa shape index (κ3) is 2.32. The second-order valence-corrected chi connectivity index (χ2v) is 4.57. The molecule has 0 bridgehead atoms. The number of benzene rings is 1. The average Bonchev–Trinajstić information content (AvgIpc) is 2.29. The topological polar surface area (TPSA) is 30.0 Å². The number of rotatable bonds is 3. The standard InChI is InChI=1S/C14H14ClNO/c1-3-11(9(2)17)12-6-7-16-14-8-10(15)4-5-13(12)14/h4-8,11H,3H2,1-2H3. The number of nitrogens with zero attached hydrogens (tertiary/aromatic N) is 1. The van der Waals surface area contributed by atoms with Gasteiger partial charge in [0.1, 0.15) is 5.78 Å². The van der Waals surface area contributed by atoms with Crippen molar-refractivity contribution in [2.45, 2.75) is 26.2 Å². The summed E-state index contributed by atoms with van der Waals surface area (Å²) in [5.41, 5.74) is 1.89. The van der Waals surface area contributed by atoms with E-state index in [1.54, 1.807) is 13.1 Å². The van der Waals surface area contributed by atoms with Crippen molar-refractivity contribution in [2.24, 2.45) is 0 Å². The summed E-state index contributed by atoms with van der Waals surface area (Å²) in [5, 5.41) is 1.68. The van der Waals surface area contributed by atoms with Crippen LogP contribution >= 0.6 is 11.6 Å². The maximum atomic E-state index is 11.6. The zero-order chi connectivity index (χ0) is 12.4. The maximum Gasteiger partial charge on any atom is 0.137 e. The Balaban J connectivity index is 2.65. The van der Waals surface area contributed by atoms with Crippen LogP contribution in [0.3, 0.4) is 0 Å². The van der Waals surface area contributed by atoms with E-state index in [2.05, 4.69) is 4.98 Å². The van der Waals surface area contributed by atoms with Crippen LogP contribution in [0.2, 0.25) is 5.02 Å². The molecule has 1 atom stereocenters. The molecule has 0 aliphatic rings. The van der Waals surface area contributed by atoms with E-state index >= 15 is 0 Å². The number of ketones is 1. The molecule has 0 N–H and O–H groups in total. The van der Waals surface area contributed by atoms with Gasteiger partial charge in [0.05, 0.1) is 5.52 Å². The van der Waals surface area contributed by atoms with Crippen molar-refractivity contribution in [3.05, 3.63) is 41.0 Å². The fourth-order valence-electron chi connectivity index (χ4n) is 2.17. The summed E-state index contributed by atoms with van der Waals surface area (Å²) in [6.07, 6.45) is 2.54. The van der Waals surface area contributed by atoms with E-state index in [-0.39, 0.29) is 11.7 Å². The normalized spacial score (nSPS) is 12.6. The van der Waals surface area contributed by atoms with Gasteiger partial charge in [-0.15, -0.1) is 0 Å². The highest BCUT2D eigenvalue weighted by Crippen LogP contribution is 2.28. The second kappa shape index (κ2) is 4.84. The quantitative estimate of drug-likeness (QED) is 0.822. The minimum absolute atomic E-state index is 0.0540. The largest absolute Gasteiger partial charge is 0.299 e. The molecule has 0 saturated heterocycles. The molecule has 2 aromatic rings. The first-order chi connectivity index (χ1) is 8.13. The number of halogens is 1. The molecule has 0 aliphatic carbocycles. The molecule has 17 heavy (non-hydrogen) atoms. The molecule has 0 saturated carbocycles. The van der Waals surface area contributed by atoms with Crippen LogP contribution in [-0.4, -0.2) is 10.8 Å². The molecule has 1 aromatic carbocycles. The van der Waals surface area contributed by atoms with Gasteiger partial charge in [0.2, 0.25) is 0 Å². The van der Waals surface area contributed by atoms with E-state index in [0.717, 1.165) is 22.9 Å². The smallest absolute Gasteiger partial charge is 0.137 e. The fourth-order valence-corrected chi connectivity index (χ4v) is 2.34. The van der Waals surface area contributed by atoms with Crippen LogP contribution in [0.5, 0.6) is 0 Å². The van der Waals surface area contributed by atoms with Gasteiger partial charge >= 0.3 is 0 Å². The predicted octanol–water partition coefficient (Wildman–Crippen LogP) is 3.97. The summed E-state index contributed by atoms with van der Waals surface area (Å²) >= 11 is 5.94. The highest BCUT2D eigenvalue weighted by molar-refractivity contribution is 6.31.